The molecule has 0 saturated heterocycles. The first-order chi connectivity index (χ1) is 7.49. The molecule has 1 fully saturated rings. The van der Waals surface area contributed by atoms with Gasteiger partial charge in [-0.25, -0.2) is 0 Å². The van der Waals surface area contributed by atoms with E-state index in [9.17, 15) is 5.11 Å². The predicted octanol–water partition coefficient (Wildman–Crippen LogP) is 1.89. The van der Waals surface area contributed by atoms with Gasteiger partial charge in [0.1, 0.15) is 0 Å². The van der Waals surface area contributed by atoms with Gasteiger partial charge in [-0.2, -0.15) is 0 Å². The lowest BCUT2D eigenvalue weighted by atomic mass is 10.2. The number of rotatable bonds is 8. The zero-order valence-corrected chi connectivity index (χ0v) is 11.1. The lowest BCUT2D eigenvalue weighted by molar-refractivity contribution is -0.0129. The Labute approximate surface area is 99.8 Å². The van der Waals surface area contributed by atoms with Gasteiger partial charge in [-0.1, -0.05) is 0 Å². The normalized spacial score (nSPS) is 18.8. The predicted molar refractivity (Wildman–Crippen MR) is 66.5 cm³/mol. The fourth-order valence-corrected chi connectivity index (χ4v) is 1.76. The van der Waals surface area contributed by atoms with Crippen LogP contribution in [-0.2, 0) is 4.74 Å². The van der Waals surface area contributed by atoms with Gasteiger partial charge in [0, 0.05) is 19.1 Å². The zero-order chi connectivity index (χ0) is 12.1. The van der Waals surface area contributed by atoms with Gasteiger partial charge in [0.05, 0.1) is 18.8 Å². The standard InChI is InChI=1S/C13H27NO2/c1-10(2)14(7-12-5-6-12)8-13(15)9-16-11(3)4/h10-13,15H,5-9H2,1-4H3. The third-order valence-corrected chi connectivity index (χ3v) is 2.99. The summed E-state index contributed by atoms with van der Waals surface area (Å²) in [6.07, 6.45) is 2.57. The minimum Gasteiger partial charge on any atom is -0.389 e. The topological polar surface area (TPSA) is 32.7 Å². The maximum atomic E-state index is 9.88. The van der Waals surface area contributed by atoms with Crippen LogP contribution < -0.4 is 0 Å². The highest BCUT2D eigenvalue weighted by Crippen LogP contribution is 2.30. The second-order valence-corrected chi connectivity index (χ2v) is 5.53. The van der Waals surface area contributed by atoms with Crippen LogP contribution in [0, 0.1) is 5.92 Å². The summed E-state index contributed by atoms with van der Waals surface area (Å²) >= 11 is 0. The van der Waals surface area contributed by atoms with E-state index < -0.39 is 0 Å². The Kier molecular flexibility index (Phi) is 5.73. The van der Waals surface area contributed by atoms with Crippen molar-refractivity contribution >= 4 is 0 Å². The van der Waals surface area contributed by atoms with Crippen LogP contribution in [0.2, 0.25) is 0 Å². The Hall–Kier alpha value is -0.120. The summed E-state index contributed by atoms with van der Waals surface area (Å²) in [5.41, 5.74) is 0. The SMILES string of the molecule is CC(C)OCC(O)CN(CC1CC1)C(C)C. The van der Waals surface area contributed by atoms with E-state index in [2.05, 4.69) is 18.7 Å². The van der Waals surface area contributed by atoms with Crippen LogP contribution in [-0.4, -0.2) is 48.0 Å². The summed E-state index contributed by atoms with van der Waals surface area (Å²) in [6.45, 7) is 10.7. The van der Waals surface area contributed by atoms with E-state index in [0.717, 1.165) is 19.0 Å². The molecule has 0 amide bonds. The molecule has 3 nitrogen and oxygen atoms in total. The fourth-order valence-electron chi connectivity index (χ4n) is 1.76. The van der Waals surface area contributed by atoms with Crippen molar-refractivity contribution in [3.05, 3.63) is 0 Å². The maximum absolute atomic E-state index is 9.88. The molecule has 1 saturated carbocycles. The van der Waals surface area contributed by atoms with E-state index in [4.69, 9.17) is 4.74 Å². The van der Waals surface area contributed by atoms with Crippen molar-refractivity contribution < 1.29 is 9.84 Å². The number of nitrogens with zero attached hydrogens (tertiary/aromatic N) is 1. The van der Waals surface area contributed by atoms with E-state index in [1.54, 1.807) is 0 Å². The summed E-state index contributed by atoms with van der Waals surface area (Å²) in [5, 5.41) is 9.88. The van der Waals surface area contributed by atoms with Crippen LogP contribution in [0.5, 0.6) is 0 Å². The molecule has 0 aromatic rings. The second-order valence-electron chi connectivity index (χ2n) is 5.53. The van der Waals surface area contributed by atoms with Gasteiger partial charge in [0.25, 0.3) is 0 Å². The fraction of sp³-hybridized carbons (Fsp3) is 1.00. The molecule has 0 aromatic heterocycles. The molecule has 1 atom stereocenters. The first-order valence-corrected chi connectivity index (χ1v) is 6.52. The molecule has 96 valence electrons. The molecule has 1 N–H and O–H groups in total. The van der Waals surface area contributed by atoms with Gasteiger partial charge in [-0.05, 0) is 46.5 Å². The Balaban J connectivity index is 2.23. The Morgan fingerprint density at radius 3 is 2.31 bits per heavy atom. The summed E-state index contributed by atoms with van der Waals surface area (Å²) in [6, 6.07) is 0.509. The van der Waals surface area contributed by atoms with Crippen LogP contribution in [0.25, 0.3) is 0 Å². The minimum absolute atomic E-state index is 0.200. The van der Waals surface area contributed by atoms with E-state index in [1.165, 1.54) is 12.8 Å². The zero-order valence-electron chi connectivity index (χ0n) is 11.1. The molecule has 3 heteroatoms. The molecule has 0 bridgehead atoms. The van der Waals surface area contributed by atoms with E-state index in [-0.39, 0.29) is 12.2 Å². The molecule has 0 aliphatic heterocycles. The molecule has 1 aliphatic rings. The van der Waals surface area contributed by atoms with Gasteiger partial charge in [0.15, 0.2) is 0 Å². The van der Waals surface area contributed by atoms with E-state index >= 15 is 0 Å². The third kappa shape index (κ3) is 5.83. The van der Waals surface area contributed by atoms with Crippen LogP contribution in [0.1, 0.15) is 40.5 Å². The molecule has 0 spiro atoms. The maximum Gasteiger partial charge on any atom is 0.0900 e. The molecule has 16 heavy (non-hydrogen) atoms. The van der Waals surface area contributed by atoms with E-state index in [0.29, 0.717) is 12.6 Å². The molecule has 0 aromatic carbocycles. The number of aliphatic hydroxyl groups excluding tert-OH is 1. The van der Waals surface area contributed by atoms with Crippen molar-refractivity contribution in [1.82, 2.24) is 4.90 Å². The summed E-state index contributed by atoms with van der Waals surface area (Å²) < 4.78 is 5.43. The second kappa shape index (κ2) is 6.58. The Morgan fingerprint density at radius 2 is 1.88 bits per heavy atom. The lowest BCUT2D eigenvalue weighted by Gasteiger charge is -2.29. The van der Waals surface area contributed by atoms with E-state index in [1.807, 2.05) is 13.8 Å². The molecule has 1 aliphatic carbocycles. The molecule has 1 unspecified atom stereocenters. The quantitative estimate of drug-likeness (QED) is 0.690. The highest BCUT2D eigenvalue weighted by atomic mass is 16.5. The van der Waals surface area contributed by atoms with Crippen LogP contribution in [0.15, 0.2) is 0 Å². The Bertz CT molecular complexity index is 190. The monoisotopic (exact) mass is 229 g/mol. The van der Waals surface area contributed by atoms with Crippen molar-refractivity contribution in [2.24, 2.45) is 5.92 Å². The number of hydrogen-bond acceptors (Lipinski definition) is 3. The molecule has 1 rings (SSSR count). The van der Waals surface area contributed by atoms with Gasteiger partial charge in [-0.15, -0.1) is 0 Å². The van der Waals surface area contributed by atoms with Crippen LogP contribution in [0.4, 0.5) is 0 Å². The number of hydrogen-bond donors (Lipinski definition) is 1. The lowest BCUT2D eigenvalue weighted by Crippen LogP contribution is -2.40. The molecular weight excluding hydrogens is 202 g/mol. The Morgan fingerprint density at radius 1 is 1.25 bits per heavy atom. The highest BCUT2D eigenvalue weighted by Gasteiger charge is 2.26. The van der Waals surface area contributed by atoms with Crippen LogP contribution >= 0.6 is 0 Å². The van der Waals surface area contributed by atoms with Gasteiger partial charge in [-0.3, -0.25) is 4.90 Å². The molecular formula is C13H27NO2. The van der Waals surface area contributed by atoms with Crippen molar-refractivity contribution in [3.63, 3.8) is 0 Å². The van der Waals surface area contributed by atoms with Crippen molar-refractivity contribution in [3.8, 4) is 0 Å². The first-order valence-electron chi connectivity index (χ1n) is 6.52. The minimum atomic E-state index is -0.358. The van der Waals surface area contributed by atoms with Crippen molar-refractivity contribution in [2.75, 3.05) is 19.7 Å². The summed E-state index contributed by atoms with van der Waals surface area (Å²) in [4.78, 5) is 2.37. The summed E-state index contributed by atoms with van der Waals surface area (Å²) in [7, 11) is 0. The highest BCUT2D eigenvalue weighted by molar-refractivity contribution is 4.80. The van der Waals surface area contributed by atoms with Crippen molar-refractivity contribution in [1.29, 1.82) is 0 Å². The number of ether oxygens (including phenoxy) is 1. The first kappa shape index (κ1) is 13.9. The summed E-state index contributed by atoms with van der Waals surface area (Å²) in [5.74, 6) is 0.876. The average molecular weight is 229 g/mol. The van der Waals surface area contributed by atoms with Gasteiger partial charge in [0.2, 0.25) is 0 Å². The third-order valence-electron chi connectivity index (χ3n) is 2.99. The van der Waals surface area contributed by atoms with Gasteiger partial charge < -0.3 is 9.84 Å². The van der Waals surface area contributed by atoms with Crippen molar-refractivity contribution in [2.45, 2.75) is 58.8 Å². The largest absolute Gasteiger partial charge is 0.389 e. The van der Waals surface area contributed by atoms with Crippen LogP contribution in [0.3, 0.4) is 0 Å². The number of aliphatic hydroxyl groups is 1. The smallest absolute Gasteiger partial charge is 0.0900 e. The molecule has 0 radical (unpaired) electrons. The van der Waals surface area contributed by atoms with Gasteiger partial charge >= 0.3 is 0 Å². The molecule has 0 heterocycles. The average Bonchev–Trinajstić information content (AvgIpc) is 2.97.